The summed E-state index contributed by atoms with van der Waals surface area (Å²) in [6.45, 7) is 13.4. The Labute approximate surface area is 214 Å². The van der Waals surface area contributed by atoms with Crippen LogP contribution in [0.5, 0.6) is 0 Å². The highest BCUT2D eigenvalue weighted by atomic mass is 16.5. The smallest absolute Gasteiger partial charge is 0.240 e. The number of hydrogen-bond acceptors (Lipinski definition) is 6. The maximum atomic E-state index is 10.5. The SMILES string of the molecule is C=N/C(=N\n1c(C)c(-c2ccnc(N3CCOCC3)c2)cc1[C@H]1CC[C@@](C)(O)CC1)N[C@@H](C)COC. The maximum absolute atomic E-state index is 10.5. The van der Waals surface area contributed by atoms with Crippen LogP contribution in [-0.2, 0) is 9.47 Å². The first kappa shape index (κ1) is 26.3. The van der Waals surface area contributed by atoms with Crippen molar-refractivity contribution >= 4 is 18.5 Å². The molecule has 9 nitrogen and oxygen atoms in total. The molecule has 1 atom stereocenters. The van der Waals surface area contributed by atoms with E-state index in [9.17, 15) is 5.11 Å². The number of nitrogens with zero attached hydrogens (tertiary/aromatic N) is 5. The number of pyridine rings is 1. The first-order valence-corrected chi connectivity index (χ1v) is 12.9. The highest BCUT2D eigenvalue weighted by Gasteiger charge is 2.32. The zero-order valence-corrected chi connectivity index (χ0v) is 22.0. The van der Waals surface area contributed by atoms with Crippen molar-refractivity contribution in [2.24, 2.45) is 10.1 Å². The summed E-state index contributed by atoms with van der Waals surface area (Å²) in [5.74, 6) is 1.72. The van der Waals surface area contributed by atoms with Crippen LogP contribution in [0.15, 0.2) is 34.5 Å². The van der Waals surface area contributed by atoms with E-state index in [1.807, 2.05) is 24.7 Å². The average molecular weight is 497 g/mol. The number of morpholine rings is 1. The van der Waals surface area contributed by atoms with E-state index in [2.05, 4.69) is 52.0 Å². The van der Waals surface area contributed by atoms with Crippen LogP contribution in [0.4, 0.5) is 5.82 Å². The number of ether oxygens (including phenoxy) is 2. The summed E-state index contributed by atoms with van der Waals surface area (Å²) in [6.07, 6.45) is 5.23. The molecule has 2 fully saturated rings. The van der Waals surface area contributed by atoms with Gasteiger partial charge in [-0.3, -0.25) is 0 Å². The van der Waals surface area contributed by atoms with Gasteiger partial charge in [-0.25, -0.2) is 14.7 Å². The molecule has 0 bridgehead atoms. The van der Waals surface area contributed by atoms with Gasteiger partial charge in [-0.1, -0.05) is 0 Å². The first-order valence-electron chi connectivity index (χ1n) is 12.9. The van der Waals surface area contributed by atoms with Crippen LogP contribution in [0, 0.1) is 6.92 Å². The van der Waals surface area contributed by atoms with E-state index >= 15 is 0 Å². The summed E-state index contributed by atoms with van der Waals surface area (Å²) in [5.41, 5.74) is 3.79. The molecule has 3 heterocycles. The highest BCUT2D eigenvalue weighted by molar-refractivity contribution is 5.84. The van der Waals surface area contributed by atoms with E-state index in [4.69, 9.17) is 14.6 Å². The Morgan fingerprint density at radius 2 is 2.06 bits per heavy atom. The van der Waals surface area contributed by atoms with Crippen LogP contribution in [0.25, 0.3) is 11.1 Å². The number of aliphatic imine (C=N–C) groups is 1. The molecule has 1 saturated carbocycles. The Balaban J connectivity index is 1.73. The van der Waals surface area contributed by atoms with Gasteiger partial charge in [-0.15, -0.1) is 5.10 Å². The molecule has 36 heavy (non-hydrogen) atoms. The van der Waals surface area contributed by atoms with E-state index in [0.717, 1.165) is 80.3 Å². The molecule has 2 N–H and O–H groups in total. The zero-order chi connectivity index (χ0) is 25.7. The third kappa shape index (κ3) is 6.14. The predicted molar refractivity (Wildman–Crippen MR) is 144 cm³/mol. The van der Waals surface area contributed by atoms with Gasteiger partial charge in [0, 0.05) is 55.3 Å². The molecule has 1 aliphatic heterocycles. The summed E-state index contributed by atoms with van der Waals surface area (Å²) in [6, 6.07) is 6.50. The number of guanidine groups is 1. The summed E-state index contributed by atoms with van der Waals surface area (Å²) < 4.78 is 12.8. The van der Waals surface area contributed by atoms with Crippen LogP contribution in [-0.4, -0.2) is 79.1 Å². The minimum absolute atomic E-state index is 0.0408. The molecule has 2 aromatic rings. The lowest BCUT2D eigenvalue weighted by molar-refractivity contribution is 0.0166. The second-order valence-electron chi connectivity index (χ2n) is 10.2. The van der Waals surface area contributed by atoms with Crippen molar-refractivity contribution in [3.8, 4) is 11.1 Å². The second-order valence-corrected chi connectivity index (χ2v) is 10.2. The zero-order valence-electron chi connectivity index (χ0n) is 22.0. The molecular formula is C27H40N6O3. The summed E-state index contributed by atoms with van der Waals surface area (Å²) >= 11 is 0. The fraction of sp³-hybridized carbons (Fsp3) is 0.593. The maximum Gasteiger partial charge on any atom is 0.240 e. The van der Waals surface area contributed by atoms with Gasteiger partial charge in [-0.05, 0) is 76.9 Å². The van der Waals surface area contributed by atoms with Crippen LogP contribution in [0.3, 0.4) is 0 Å². The Bertz CT molecular complexity index is 1060. The number of hydrogen-bond donors (Lipinski definition) is 2. The van der Waals surface area contributed by atoms with Crippen molar-refractivity contribution in [1.82, 2.24) is 15.0 Å². The van der Waals surface area contributed by atoms with Crippen molar-refractivity contribution in [2.45, 2.75) is 64.0 Å². The molecule has 0 radical (unpaired) electrons. The van der Waals surface area contributed by atoms with Crippen LogP contribution in [0.1, 0.15) is 56.8 Å². The molecule has 0 unspecified atom stereocenters. The Hall–Kier alpha value is -2.75. The minimum Gasteiger partial charge on any atom is -0.390 e. The molecule has 1 aliphatic carbocycles. The summed E-state index contributed by atoms with van der Waals surface area (Å²) in [4.78, 5) is 11.1. The quantitative estimate of drug-likeness (QED) is 0.450. The lowest BCUT2D eigenvalue weighted by Gasteiger charge is -2.33. The van der Waals surface area contributed by atoms with Gasteiger partial charge >= 0.3 is 0 Å². The predicted octanol–water partition coefficient (Wildman–Crippen LogP) is 3.55. The molecule has 0 amide bonds. The van der Waals surface area contributed by atoms with Crippen LogP contribution >= 0.6 is 0 Å². The number of aromatic nitrogens is 2. The molecule has 0 aromatic carbocycles. The number of rotatable bonds is 7. The van der Waals surface area contributed by atoms with E-state index in [1.54, 1.807) is 7.11 Å². The van der Waals surface area contributed by atoms with Crippen LogP contribution in [0.2, 0.25) is 0 Å². The molecule has 2 aromatic heterocycles. The fourth-order valence-electron chi connectivity index (χ4n) is 5.14. The monoisotopic (exact) mass is 496 g/mol. The van der Waals surface area contributed by atoms with Crippen LogP contribution < -0.4 is 10.2 Å². The normalized spacial score (nSPS) is 24.0. The standard InChI is InChI=1S/C27H40N6O3/c1-19(18-35-5)30-26(28-4)31-33-20(2)23(17-24(33)21-6-9-27(3,34)10-7-21)22-8-11-29-25(16-22)32-12-14-36-15-13-32/h8,11,16-17,19,21,34H,4,6-7,9-10,12-15,18H2,1-3,5H3,(H,30,31)/t19-,21-,27+/m0/s1. The van der Waals surface area contributed by atoms with Gasteiger partial charge in [0.1, 0.15) is 5.82 Å². The number of aliphatic hydroxyl groups is 1. The van der Waals surface area contributed by atoms with Gasteiger partial charge in [0.05, 0.1) is 25.4 Å². The van der Waals surface area contributed by atoms with Crippen molar-refractivity contribution in [1.29, 1.82) is 0 Å². The third-order valence-corrected chi connectivity index (χ3v) is 7.25. The highest BCUT2D eigenvalue weighted by Crippen LogP contribution is 2.41. The largest absolute Gasteiger partial charge is 0.390 e. The molecule has 2 aliphatic rings. The van der Waals surface area contributed by atoms with E-state index < -0.39 is 5.60 Å². The average Bonchev–Trinajstić information content (AvgIpc) is 3.20. The molecule has 196 valence electrons. The van der Waals surface area contributed by atoms with Gasteiger partial charge < -0.3 is 24.8 Å². The lowest BCUT2D eigenvalue weighted by atomic mass is 9.78. The summed E-state index contributed by atoms with van der Waals surface area (Å²) in [7, 11) is 1.68. The molecule has 4 rings (SSSR count). The Morgan fingerprint density at radius 3 is 2.72 bits per heavy atom. The Morgan fingerprint density at radius 1 is 1.33 bits per heavy atom. The lowest BCUT2D eigenvalue weighted by Crippen LogP contribution is -2.36. The van der Waals surface area contributed by atoms with E-state index in [0.29, 0.717) is 18.5 Å². The molecule has 0 spiro atoms. The van der Waals surface area contributed by atoms with Gasteiger partial charge in [0.15, 0.2) is 0 Å². The molecule has 9 heteroatoms. The van der Waals surface area contributed by atoms with E-state index in [1.165, 1.54) is 0 Å². The number of anilines is 1. The van der Waals surface area contributed by atoms with Crippen molar-refractivity contribution < 1.29 is 14.6 Å². The van der Waals surface area contributed by atoms with Crippen molar-refractivity contribution in [3.63, 3.8) is 0 Å². The summed E-state index contributed by atoms with van der Waals surface area (Å²) in [5, 5.41) is 18.7. The molecular weight excluding hydrogens is 456 g/mol. The van der Waals surface area contributed by atoms with E-state index in [-0.39, 0.29) is 6.04 Å². The second kappa shape index (κ2) is 11.5. The number of nitrogens with one attached hydrogen (secondary N) is 1. The third-order valence-electron chi connectivity index (χ3n) is 7.25. The van der Waals surface area contributed by atoms with Gasteiger partial charge in [0.25, 0.3) is 0 Å². The molecule has 1 saturated heterocycles. The number of methoxy groups -OCH3 is 1. The first-order chi connectivity index (χ1) is 17.3. The minimum atomic E-state index is -0.599. The van der Waals surface area contributed by atoms with Gasteiger partial charge in [-0.2, -0.15) is 0 Å². The topological polar surface area (TPSA) is 96.5 Å². The Kier molecular flexibility index (Phi) is 8.43. The van der Waals surface area contributed by atoms with Crippen molar-refractivity contribution in [2.75, 3.05) is 44.9 Å². The van der Waals surface area contributed by atoms with Crippen molar-refractivity contribution in [3.05, 3.63) is 35.8 Å². The van der Waals surface area contributed by atoms with Gasteiger partial charge in [0.2, 0.25) is 5.96 Å². The fourth-order valence-corrected chi connectivity index (χ4v) is 5.14.